The van der Waals surface area contributed by atoms with Crippen molar-refractivity contribution in [2.24, 2.45) is 0 Å². The van der Waals surface area contributed by atoms with Crippen molar-refractivity contribution in [2.75, 3.05) is 7.11 Å². The number of hydrogen-bond donors (Lipinski definition) is 0. The van der Waals surface area contributed by atoms with E-state index >= 15 is 0 Å². The van der Waals surface area contributed by atoms with E-state index < -0.39 is 0 Å². The Labute approximate surface area is 95.8 Å². The van der Waals surface area contributed by atoms with Gasteiger partial charge in [-0.2, -0.15) is 0 Å². The third-order valence-corrected chi connectivity index (χ3v) is 4.18. The van der Waals surface area contributed by atoms with E-state index in [9.17, 15) is 0 Å². The summed E-state index contributed by atoms with van der Waals surface area (Å²) in [7, 11) is 1.73. The molecule has 1 heterocycles. The van der Waals surface area contributed by atoms with Crippen molar-refractivity contribution < 1.29 is 4.74 Å². The van der Waals surface area contributed by atoms with E-state index in [2.05, 4.69) is 41.1 Å². The number of rotatable bonds is 2. The molecule has 0 aliphatic rings. The van der Waals surface area contributed by atoms with Gasteiger partial charge in [0.15, 0.2) is 5.06 Å². The molecule has 0 saturated carbocycles. The molecule has 0 aliphatic heterocycles. The van der Waals surface area contributed by atoms with E-state index in [1.807, 2.05) is 0 Å². The first-order chi connectivity index (χ1) is 6.76. The first-order valence-corrected chi connectivity index (χ1v) is 6.32. The Morgan fingerprint density at radius 1 is 1.43 bits per heavy atom. The molecule has 0 aliphatic carbocycles. The highest BCUT2D eigenvalue weighted by Gasteiger charge is 2.08. The van der Waals surface area contributed by atoms with Crippen molar-refractivity contribution in [3.63, 3.8) is 0 Å². The molecule has 0 amide bonds. The summed E-state index contributed by atoms with van der Waals surface area (Å²) < 4.78 is 6.61. The lowest BCUT2D eigenvalue weighted by Crippen LogP contribution is -1.80. The molecule has 74 valence electrons. The first kappa shape index (κ1) is 9.99. The summed E-state index contributed by atoms with van der Waals surface area (Å²) in [6.07, 6.45) is 0. The number of ether oxygens (including phenoxy) is 1. The molecule has 0 radical (unpaired) electrons. The maximum Gasteiger partial charge on any atom is 0.177 e. The van der Waals surface area contributed by atoms with Crippen molar-refractivity contribution in [1.29, 1.82) is 0 Å². The van der Waals surface area contributed by atoms with Gasteiger partial charge in [0.05, 0.1) is 7.11 Å². The van der Waals surface area contributed by atoms with Gasteiger partial charge < -0.3 is 4.74 Å². The lowest BCUT2D eigenvalue weighted by molar-refractivity contribution is 0.425. The zero-order valence-electron chi connectivity index (χ0n) is 8.13. The molecule has 14 heavy (non-hydrogen) atoms. The van der Waals surface area contributed by atoms with Crippen LogP contribution < -0.4 is 4.74 Å². The molecule has 0 saturated heterocycles. The van der Waals surface area contributed by atoms with Crippen LogP contribution in [0, 0.1) is 6.92 Å². The number of methoxy groups -OCH3 is 1. The smallest absolute Gasteiger partial charge is 0.177 e. The number of thiophene rings is 1. The zero-order valence-corrected chi connectivity index (χ0v) is 10.5. The molecule has 0 fully saturated rings. The Morgan fingerprint density at radius 3 is 2.86 bits per heavy atom. The fourth-order valence-electron chi connectivity index (χ4n) is 1.52. The maximum absolute atomic E-state index is 5.31. The van der Waals surface area contributed by atoms with Crippen LogP contribution in [0.2, 0.25) is 0 Å². The molecule has 1 aromatic carbocycles. The van der Waals surface area contributed by atoms with Gasteiger partial charge in [0.25, 0.3) is 0 Å². The highest BCUT2D eigenvalue weighted by Crippen LogP contribution is 2.37. The van der Waals surface area contributed by atoms with E-state index in [0.717, 1.165) is 10.4 Å². The number of fused-ring (bicyclic) bond motifs is 1. The Bertz CT molecular complexity index is 462. The number of halogens is 1. The Hall–Kier alpha value is -0.540. The van der Waals surface area contributed by atoms with E-state index in [0.29, 0.717) is 0 Å². The quantitative estimate of drug-likeness (QED) is 0.747. The standard InChI is InChI=1S/C11H11BrOS/c1-7-9-5-8(6-12)3-4-10(9)14-11(7)13-2/h3-5H,6H2,1-2H3. The highest BCUT2D eigenvalue weighted by molar-refractivity contribution is 9.08. The largest absolute Gasteiger partial charge is 0.487 e. The molecule has 3 heteroatoms. The molecule has 0 atom stereocenters. The van der Waals surface area contributed by atoms with Crippen LogP contribution in [-0.4, -0.2) is 7.11 Å². The summed E-state index contributed by atoms with van der Waals surface area (Å²) in [4.78, 5) is 0. The second-order valence-electron chi connectivity index (χ2n) is 3.18. The third-order valence-electron chi connectivity index (χ3n) is 2.30. The topological polar surface area (TPSA) is 9.23 Å². The number of hydrogen-bond acceptors (Lipinski definition) is 2. The average molecular weight is 271 g/mol. The normalized spacial score (nSPS) is 10.8. The van der Waals surface area contributed by atoms with Crippen LogP contribution in [0.15, 0.2) is 18.2 Å². The highest BCUT2D eigenvalue weighted by atomic mass is 79.9. The van der Waals surface area contributed by atoms with Crippen molar-refractivity contribution in [3.8, 4) is 5.06 Å². The predicted molar refractivity (Wildman–Crippen MR) is 65.7 cm³/mol. The van der Waals surface area contributed by atoms with E-state index in [1.54, 1.807) is 18.4 Å². The van der Waals surface area contributed by atoms with Crippen molar-refractivity contribution >= 4 is 37.4 Å². The van der Waals surface area contributed by atoms with Gasteiger partial charge in [-0.3, -0.25) is 0 Å². The SMILES string of the molecule is COc1sc2ccc(CBr)cc2c1C. The molecule has 1 nitrogen and oxygen atoms in total. The monoisotopic (exact) mass is 270 g/mol. The van der Waals surface area contributed by atoms with Crippen LogP contribution in [0.1, 0.15) is 11.1 Å². The minimum Gasteiger partial charge on any atom is -0.487 e. The van der Waals surface area contributed by atoms with Gasteiger partial charge in [-0.25, -0.2) is 0 Å². The average Bonchev–Trinajstić information content (AvgIpc) is 2.55. The molecule has 1 aromatic heterocycles. The lowest BCUT2D eigenvalue weighted by atomic mass is 10.1. The van der Waals surface area contributed by atoms with Gasteiger partial charge in [-0.05, 0) is 30.0 Å². The van der Waals surface area contributed by atoms with Crippen LogP contribution in [0.5, 0.6) is 5.06 Å². The van der Waals surface area contributed by atoms with E-state index in [4.69, 9.17) is 4.74 Å². The second-order valence-corrected chi connectivity index (χ2v) is 4.76. The van der Waals surface area contributed by atoms with Crippen molar-refractivity contribution in [1.82, 2.24) is 0 Å². The minimum absolute atomic E-state index is 0.903. The van der Waals surface area contributed by atoms with Crippen molar-refractivity contribution in [3.05, 3.63) is 29.3 Å². The van der Waals surface area contributed by atoms with Crippen molar-refractivity contribution in [2.45, 2.75) is 12.3 Å². The molecular formula is C11H11BrOS. The number of benzene rings is 1. The molecule has 0 spiro atoms. The second kappa shape index (κ2) is 3.91. The van der Waals surface area contributed by atoms with E-state index in [-0.39, 0.29) is 0 Å². The fraction of sp³-hybridized carbons (Fsp3) is 0.273. The Kier molecular flexibility index (Phi) is 2.79. The van der Waals surface area contributed by atoms with Crippen LogP contribution in [0.4, 0.5) is 0 Å². The molecule has 2 rings (SSSR count). The van der Waals surface area contributed by atoms with Gasteiger partial charge in [-0.15, -0.1) is 0 Å². The summed E-state index contributed by atoms with van der Waals surface area (Å²) in [6.45, 7) is 2.11. The molecular weight excluding hydrogens is 260 g/mol. The predicted octanol–water partition coefficient (Wildman–Crippen LogP) is 4.11. The van der Waals surface area contributed by atoms with Gasteiger partial charge in [-0.1, -0.05) is 33.3 Å². The Balaban J connectivity index is 2.68. The summed E-state index contributed by atoms with van der Waals surface area (Å²) in [5, 5.41) is 3.23. The Morgan fingerprint density at radius 2 is 2.21 bits per heavy atom. The molecule has 2 aromatic rings. The van der Waals surface area contributed by atoms with Crippen LogP contribution >= 0.6 is 27.3 Å². The number of aryl methyl sites for hydroxylation is 1. The zero-order chi connectivity index (χ0) is 10.1. The minimum atomic E-state index is 0.903. The lowest BCUT2D eigenvalue weighted by Gasteiger charge is -1.97. The maximum atomic E-state index is 5.31. The van der Waals surface area contributed by atoms with Crippen LogP contribution in [0.25, 0.3) is 10.1 Å². The molecule has 0 bridgehead atoms. The van der Waals surface area contributed by atoms with Gasteiger partial charge in [0.1, 0.15) is 0 Å². The number of alkyl halides is 1. The summed E-state index contributed by atoms with van der Waals surface area (Å²) in [5.41, 5.74) is 2.55. The molecule has 0 unspecified atom stereocenters. The van der Waals surface area contributed by atoms with Crippen LogP contribution in [0.3, 0.4) is 0 Å². The molecule has 0 N–H and O–H groups in total. The fourth-order valence-corrected chi connectivity index (χ4v) is 2.88. The summed E-state index contributed by atoms with van der Waals surface area (Å²) in [6, 6.07) is 6.52. The summed E-state index contributed by atoms with van der Waals surface area (Å²) in [5.74, 6) is 0. The third kappa shape index (κ3) is 1.55. The summed E-state index contributed by atoms with van der Waals surface area (Å²) >= 11 is 5.17. The van der Waals surface area contributed by atoms with Crippen LogP contribution in [-0.2, 0) is 5.33 Å². The van der Waals surface area contributed by atoms with Gasteiger partial charge in [0.2, 0.25) is 0 Å². The van der Waals surface area contributed by atoms with Gasteiger partial charge >= 0.3 is 0 Å². The van der Waals surface area contributed by atoms with E-state index in [1.165, 1.54) is 21.2 Å². The van der Waals surface area contributed by atoms with Gasteiger partial charge in [0, 0.05) is 15.6 Å². The first-order valence-electron chi connectivity index (χ1n) is 4.38.